The quantitative estimate of drug-likeness (QED) is 0.623. The predicted molar refractivity (Wildman–Crippen MR) is 109 cm³/mol. The first-order valence-corrected chi connectivity index (χ1v) is 9.83. The van der Waals surface area contributed by atoms with Crippen molar-refractivity contribution in [2.24, 2.45) is 0 Å². The van der Waals surface area contributed by atoms with E-state index in [1.807, 2.05) is 55.5 Å². The summed E-state index contributed by atoms with van der Waals surface area (Å²) >= 11 is 0. The summed E-state index contributed by atoms with van der Waals surface area (Å²) in [5, 5.41) is 11.4. The number of aromatic nitrogens is 3. The topological polar surface area (TPSA) is 78.3 Å². The first kappa shape index (κ1) is 19.3. The third-order valence-electron chi connectivity index (χ3n) is 4.84. The first-order chi connectivity index (χ1) is 14.2. The van der Waals surface area contributed by atoms with E-state index in [0.29, 0.717) is 12.3 Å². The molecule has 29 heavy (non-hydrogen) atoms. The first-order valence-electron chi connectivity index (χ1n) is 9.83. The Labute approximate surface area is 169 Å². The van der Waals surface area contributed by atoms with Crippen LogP contribution < -0.4 is 10.1 Å². The molecule has 1 N–H and O–H groups in total. The van der Waals surface area contributed by atoms with Gasteiger partial charge in [-0.15, -0.1) is 5.10 Å². The van der Waals surface area contributed by atoms with Gasteiger partial charge in [0, 0.05) is 19.5 Å². The Balaban J connectivity index is 1.40. The van der Waals surface area contributed by atoms with Gasteiger partial charge in [0.2, 0.25) is 0 Å². The van der Waals surface area contributed by atoms with Gasteiger partial charge in [-0.1, -0.05) is 29.5 Å². The van der Waals surface area contributed by atoms with Crippen molar-refractivity contribution in [1.29, 1.82) is 0 Å². The molecule has 2 aromatic carbocycles. The molecule has 0 saturated carbocycles. The summed E-state index contributed by atoms with van der Waals surface area (Å²) < 4.78 is 12.8. The summed E-state index contributed by atoms with van der Waals surface area (Å²) in [7, 11) is 0. The number of benzene rings is 2. The van der Waals surface area contributed by atoms with E-state index in [1.54, 1.807) is 10.9 Å². The fourth-order valence-corrected chi connectivity index (χ4v) is 3.29. The summed E-state index contributed by atoms with van der Waals surface area (Å²) in [6.07, 6.45) is 2.02. The molecule has 4 rings (SSSR count). The fraction of sp³-hybridized carbons (Fsp3) is 0.318. The average Bonchev–Trinajstić information content (AvgIpc) is 3.26. The van der Waals surface area contributed by atoms with Crippen LogP contribution in [0.15, 0.2) is 54.7 Å². The summed E-state index contributed by atoms with van der Waals surface area (Å²) in [5.41, 5.74) is 3.24. The van der Waals surface area contributed by atoms with Crippen LogP contribution in [-0.4, -0.2) is 47.1 Å². The largest absolute Gasteiger partial charge is 0.494 e. The number of ether oxygens (including phenoxy) is 2. The van der Waals surface area contributed by atoms with Gasteiger partial charge in [-0.25, -0.2) is 4.68 Å². The number of rotatable bonds is 7. The Hall–Kier alpha value is -3.03. The molecular formula is C22H24N4O3. The monoisotopic (exact) mass is 392 g/mol. The minimum atomic E-state index is -0.0643. The van der Waals surface area contributed by atoms with Crippen molar-refractivity contribution in [3.63, 3.8) is 0 Å². The molecular weight excluding hydrogens is 368 g/mol. The van der Waals surface area contributed by atoms with Crippen LogP contribution in [0.1, 0.15) is 34.6 Å². The molecule has 2 heterocycles. The molecule has 1 saturated heterocycles. The van der Waals surface area contributed by atoms with Crippen molar-refractivity contribution in [2.75, 3.05) is 26.3 Å². The molecule has 150 valence electrons. The Bertz CT molecular complexity index is 945. The van der Waals surface area contributed by atoms with Crippen LogP contribution >= 0.6 is 0 Å². The van der Waals surface area contributed by atoms with E-state index in [1.165, 1.54) is 0 Å². The van der Waals surface area contributed by atoms with Crippen molar-refractivity contribution in [1.82, 2.24) is 20.3 Å². The highest BCUT2D eigenvalue weighted by Gasteiger charge is 2.16. The lowest BCUT2D eigenvalue weighted by atomic mass is 10.0. The summed E-state index contributed by atoms with van der Waals surface area (Å²) in [4.78, 5) is 12.6. The second-order valence-corrected chi connectivity index (χ2v) is 6.88. The zero-order valence-electron chi connectivity index (χ0n) is 16.4. The number of carbonyl (C=O) groups is 1. The molecule has 3 aromatic rings. The van der Waals surface area contributed by atoms with Gasteiger partial charge >= 0.3 is 0 Å². The van der Waals surface area contributed by atoms with E-state index < -0.39 is 0 Å². The molecule has 1 fully saturated rings. The van der Waals surface area contributed by atoms with E-state index >= 15 is 0 Å². The second-order valence-electron chi connectivity index (χ2n) is 6.88. The molecule has 0 radical (unpaired) electrons. The van der Waals surface area contributed by atoms with Crippen molar-refractivity contribution < 1.29 is 14.3 Å². The van der Waals surface area contributed by atoms with Crippen molar-refractivity contribution in [2.45, 2.75) is 19.4 Å². The average molecular weight is 392 g/mol. The molecule has 1 aliphatic heterocycles. The molecule has 0 aliphatic carbocycles. The van der Waals surface area contributed by atoms with E-state index in [2.05, 4.69) is 15.6 Å². The van der Waals surface area contributed by atoms with E-state index in [0.717, 1.165) is 42.3 Å². The maximum Gasteiger partial charge on any atom is 0.189 e. The molecule has 0 amide bonds. The lowest BCUT2D eigenvalue weighted by Gasteiger charge is -2.24. The second kappa shape index (κ2) is 8.98. The summed E-state index contributed by atoms with van der Waals surface area (Å²) in [6.45, 7) is 4.98. The number of nitrogens with zero attached hydrogens (tertiary/aromatic N) is 3. The van der Waals surface area contributed by atoms with Gasteiger partial charge in [0.25, 0.3) is 0 Å². The molecule has 7 heteroatoms. The molecule has 1 aromatic heterocycles. The Kier molecular flexibility index (Phi) is 5.97. The number of nitrogens with one attached hydrogen (secondary N) is 1. The molecule has 0 spiro atoms. The Morgan fingerprint density at radius 2 is 2.00 bits per heavy atom. The number of hydrogen-bond acceptors (Lipinski definition) is 6. The molecule has 1 atom stereocenters. The highest BCUT2D eigenvalue weighted by atomic mass is 16.5. The van der Waals surface area contributed by atoms with E-state index in [4.69, 9.17) is 9.47 Å². The maximum absolute atomic E-state index is 12.6. The zero-order valence-corrected chi connectivity index (χ0v) is 16.4. The van der Waals surface area contributed by atoms with Gasteiger partial charge in [0.15, 0.2) is 5.78 Å². The normalized spacial score (nSPS) is 16.5. The molecule has 7 nitrogen and oxygen atoms in total. The van der Waals surface area contributed by atoms with Crippen molar-refractivity contribution >= 4 is 5.78 Å². The maximum atomic E-state index is 12.6. The van der Waals surface area contributed by atoms with Crippen LogP contribution in [-0.2, 0) is 11.2 Å². The van der Waals surface area contributed by atoms with Gasteiger partial charge in [0.1, 0.15) is 11.4 Å². The lowest BCUT2D eigenvalue weighted by Crippen LogP contribution is -2.33. The van der Waals surface area contributed by atoms with Crippen LogP contribution in [0.4, 0.5) is 0 Å². The van der Waals surface area contributed by atoms with Crippen LogP contribution in [0.2, 0.25) is 0 Å². The van der Waals surface area contributed by atoms with Gasteiger partial charge in [0.05, 0.1) is 31.2 Å². The van der Waals surface area contributed by atoms with Gasteiger partial charge < -0.3 is 14.8 Å². The fourth-order valence-electron chi connectivity index (χ4n) is 3.29. The van der Waals surface area contributed by atoms with Crippen LogP contribution in [0, 0.1) is 0 Å². The highest BCUT2D eigenvalue weighted by Crippen LogP contribution is 2.20. The van der Waals surface area contributed by atoms with Crippen LogP contribution in [0.25, 0.3) is 5.69 Å². The number of morpholine rings is 1. The zero-order chi connectivity index (χ0) is 20.1. The minimum absolute atomic E-state index is 0.0643. The van der Waals surface area contributed by atoms with E-state index in [9.17, 15) is 4.79 Å². The Morgan fingerprint density at radius 3 is 2.69 bits per heavy atom. The number of Topliss-reactive ketones (excluding diaryl/α,β-unsaturated/α-hetero) is 1. The standard InChI is InChI=1S/C22H24N4O3/c1-2-28-19-9-7-18(8-10-19)26-15-20(24-25-26)21(27)13-16-3-5-17(6-4-16)22-14-23-11-12-29-22/h3-10,15,22-23H,2,11-14H2,1H3/t22-/m1/s1. The van der Waals surface area contributed by atoms with Crippen LogP contribution in [0.3, 0.4) is 0 Å². The molecule has 0 bridgehead atoms. The lowest BCUT2D eigenvalue weighted by molar-refractivity contribution is 0.0277. The van der Waals surface area contributed by atoms with Crippen molar-refractivity contribution in [3.8, 4) is 11.4 Å². The number of hydrogen-bond donors (Lipinski definition) is 1. The predicted octanol–water partition coefficient (Wildman–Crippen LogP) is 2.75. The van der Waals surface area contributed by atoms with Crippen LogP contribution in [0.5, 0.6) is 5.75 Å². The number of ketones is 1. The highest BCUT2D eigenvalue weighted by molar-refractivity contribution is 5.95. The van der Waals surface area contributed by atoms with E-state index in [-0.39, 0.29) is 18.3 Å². The summed E-state index contributed by atoms with van der Waals surface area (Å²) in [6, 6.07) is 15.5. The van der Waals surface area contributed by atoms with Gasteiger partial charge in [-0.05, 0) is 42.3 Å². The van der Waals surface area contributed by atoms with Crippen molar-refractivity contribution in [3.05, 3.63) is 71.5 Å². The minimum Gasteiger partial charge on any atom is -0.494 e. The SMILES string of the molecule is CCOc1ccc(-n2cc(C(=O)Cc3ccc([C@H]4CNCCO4)cc3)nn2)cc1. The summed E-state index contributed by atoms with van der Waals surface area (Å²) in [5.74, 6) is 0.732. The molecule has 0 unspecified atom stereocenters. The third-order valence-corrected chi connectivity index (χ3v) is 4.84. The Morgan fingerprint density at radius 1 is 1.21 bits per heavy atom. The third kappa shape index (κ3) is 4.70. The van der Waals surface area contributed by atoms with Gasteiger partial charge in [-0.2, -0.15) is 0 Å². The van der Waals surface area contributed by atoms with Gasteiger partial charge in [-0.3, -0.25) is 4.79 Å². The molecule has 1 aliphatic rings. The number of carbonyl (C=O) groups excluding carboxylic acids is 1. The smallest absolute Gasteiger partial charge is 0.189 e.